The predicted octanol–water partition coefficient (Wildman–Crippen LogP) is 3.64. The number of rotatable bonds is 5. The topological polar surface area (TPSA) is 33.7 Å². The largest absolute Gasteiger partial charge is 0.486 e. The van der Waals surface area contributed by atoms with Crippen LogP contribution in [0.1, 0.15) is 24.0 Å². The van der Waals surface area contributed by atoms with Crippen LogP contribution in [0.4, 0.5) is 0 Å². The van der Waals surface area contributed by atoms with Crippen molar-refractivity contribution in [3.63, 3.8) is 0 Å². The van der Waals surface area contributed by atoms with Gasteiger partial charge in [0.15, 0.2) is 11.5 Å². The molecule has 0 aliphatic carbocycles. The minimum Gasteiger partial charge on any atom is -0.486 e. The zero-order chi connectivity index (χ0) is 18.6. The number of likely N-dealkylation sites (N-methyl/N-ethyl adjacent to an activating group) is 1. The first-order valence-electron chi connectivity index (χ1n) is 10.1. The van der Waals surface area contributed by atoms with E-state index in [1.54, 1.807) is 0 Å². The maximum atomic E-state index is 6.27. The number of fused-ring (bicyclic) bond motifs is 1. The van der Waals surface area contributed by atoms with Crippen molar-refractivity contribution in [3.05, 3.63) is 59.7 Å². The van der Waals surface area contributed by atoms with E-state index in [-0.39, 0.29) is 6.10 Å². The van der Waals surface area contributed by atoms with Gasteiger partial charge in [-0.05, 0) is 63.5 Å². The second-order valence-corrected chi connectivity index (χ2v) is 7.83. The van der Waals surface area contributed by atoms with Crippen molar-refractivity contribution in [1.82, 2.24) is 10.2 Å². The van der Waals surface area contributed by atoms with Gasteiger partial charge < -0.3 is 14.8 Å². The number of nitrogens with one attached hydrogen (secondary N) is 1. The molecule has 0 bridgehead atoms. The van der Waals surface area contributed by atoms with Gasteiger partial charge in [0.2, 0.25) is 0 Å². The SMILES string of the molecule is CNC(C1CCN(Cc2ccc(C)cc2)CC1)C1COc2ccccc2O1. The zero-order valence-corrected chi connectivity index (χ0v) is 16.4. The predicted molar refractivity (Wildman–Crippen MR) is 108 cm³/mol. The molecule has 144 valence electrons. The van der Waals surface area contributed by atoms with Gasteiger partial charge in [-0.3, -0.25) is 4.90 Å². The average Bonchev–Trinajstić information content (AvgIpc) is 2.71. The van der Waals surface area contributed by atoms with Crippen molar-refractivity contribution >= 4 is 0 Å². The smallest absolute Gasteiger partial charge is 0.161 e. The molecule has 27 heavy (non-hydrogen) atoms. The molecule has 0 aromatic heterocycles. The van der Waals surface area contributed by atoms with Gasteiger partial charge in [-0.25, -0.2) is 0 Å². The molecule has 2 heterocycles. The van der Waals surface area contributed by atoms with Crippen molar-refractivity contribution in [2.75, 3.05) is 26.7 Å². The third kappa shape index (κ3) is 4.28. The summed E-state index contributed by atoms with van der Waals surface area (Å²) >= 11 is 0. The maximum Gasteiger partial charge on any atom is 0.161 e. The summed E-state index contributed by atoms with van der Waals surface area (Å²) in [5.74, 6) is 2.34. The molecule has 2 aromatic carbocycles. The molecule has 4 nitrogen and oxygen atoms in total. The fourth-order valence-corrected chi connectivity index (χ4v) is 4.36. The summed E-state index contributed by atoms with van der Waals surface area (Å²) in [5.41, 5.74) is 2.73. The Bertz CT molecular complexity index is 738. The van der Waals surface area contributed by atoms with Gasteiger partial charge in [-0.2, -0.15) is 0 Å². The summed E-state index contributed by atoms with van der Waals surface area (Å²) in [6.45, 7) is 6.09. The molecule has 2 atom stereocenters. The van der Waals surface area contributed by atoms with Gasteiger partial charge in [0.25, 0.3) is 0 Å². The van der Waals surface area contributed by atoms with Gasteiger partial charge in [0, 0.05) is 6.54 Å². The molecule has 0 saturated carbocycles. The molecule has 4 rings (SSSR count). The van der Waals surface area contributed by atoms with E-state index in [1.165, 1.54) is 24.0 Å². The highest BCUT2D eigenvalue weighted by atomic mass is 16.6. The van der Waals surface area contributed by atoms with E-state index in [9.17, 15) is 0 Å². The van der Waals surface area contributed by atoms with Gasteiger partial charge in [-0.1, -0.05) is 42.0 Å². The lowest BCUT2D eigenvalue weighted by Crippen LogP contribution is -2.53. The van der Waals surface area contributed by atoms with E-state index >= 15 is 0 Å². The molecule has 2 aliphatic rings. The molecule has 1 N–H and O–H groups in total. The second-order valence-electron chi connectivity index (χ2n) is 7.83. The van der Waals surface area contributed by atoms with Crippen molar-refractivity contribution in [2.45, 2.75) is 38.5 Å². The fourth-order valence-electron chi connectivity index (χ4n) is 4.36. The minimum absolute atomic E-state index is 0.0681. The quantitative estimate of drug-likeness (QED) is 0.876. The highest BCUT2D eigenvalue weighted by Gasteiger charge is 2.35. The summed E-state index contributed by atoms with van der Waals surface area (Å²) in [4.78, 5) is 2.57. The Morgan fingerprint density at radius 2 is 1.74 bits per heavy atom. The summed E-state index contributed by atoms with van der Waals surface area (Å²) in [6, 6.07) is 17.2. The average molecular weight is 367 g/mol. The number of aryl methyl sites for hydroxylation is 1. The van der Waals surface area contributed by atoms with Gasteiger partial charge in [0.1, 0.15) is 12.7 Å². The van der Waals surface area contributed by atoms with Crippen LogP contribution in [-0.4, -0.2) is 43.8 Å². The van der Waals surface area contributed by atoms with Crippen molar-refractivity contribution in [1.29, 1.82) is 0 Å². The standard InChI is InChI=1S/C23H30N2O2/c1-17-7-9-18(10-8-17)15-25-13-11-19(12-14-25)23(24-2)22-16-26-20-5-3-4-6-21(20)27-22/h3-10,19,22-24H,11-16H2,1-2H3. The fraction of sp³-hybridized carbons (Fsp3) is 0.478. The van der Waals surface area contributed by atoms with Crippen LogP contribution in [-0.2, 0) is 6.54 Å². The van der Waals surface area contributed by atoms with Crippen LogP contribution in [0.5, 0.6) is 11.5 Å². The molecule has 0 amide bonds. The van der Waals surface area contributed by atoms with Gasteiger partial charge in [0.05, 0.1) is 6.04 Å². The van der Waals surface area contributed by atoms with E-state index in [4.69, 9.17) is 9.47 Å². The first-order valence-corrected chi connectivity index (χ1v) is 10.1. The summed E-state index contributed by atoms with van der Waals surface area (Å²) in [6.07, 6.45) is 2.45. The van der Waals surface area contributed by atoms with Gasteiger partial charge in [-0.15, -0.1) is 0 Å². The van der Waals surface area contributed by atoms with Crippen LogP contribution < -0.4 is 14.8 Å². The third-order valence-corrected chi connectivity index (χ3v) is 5.93. The number of hydrogen-bond donors (Lipinski definition) is 1. The Morgan fingerprint density at radius 1 is 1.04 bits per heavy atom. The molecule has 2 aromatic rings. The van der Waals surface area contributed by atoms with E-state index in [0.29, 0.717) is 18.6 Å². The molecule has 1 fully saturated rings. The van der Waals surface area contributed by atoms with E-state index in [1.807, 2.05) is 31.3 Å². The Kier molecular flexibility index (Phi) is 5.65. The van der Waals surface area contributed by atoms with Crippen molar-refractivity contribution in [3.8, 4) is 11.5 Å². The molecule has 0 spiro atoms. The van der Waals surface area contributed by atoms with Crippen LogP contribution in [0.3, 0.4) is 0 Å². The third-order valence-electron chi connectivity index (χ3n) is 5.93. The van der Waals surface area contributed by atoms with Crippen molar-refractivity contribution in [2.24, 2.45) is 5.92 Å². The molecule has 2 unspecified atom stereocenters. The number of ether oxygens (including phenoxy) is 2. The molecule has 1 saturated heterocycles. The number of hydrogen-bond acceptors (Lipinski definition) is 4. The first kappa shape index (κ1) is 18.3. The number of likely N-dealkylation sites (tertiary alicyclic amines) is 1. The molecule has 2 aliphatic heterocycles. The summed E-state index contributed by atoms with van der Waals surface area (Å²) in [5, 5.41) is 3.52. The Balaban J connectivity index is 1.33. The van der Waals surface area contributed by atoms with Crippen LogP contribution >= 0.6 is 0 Å². The molecule has 0 radical (unpaired) electrons. The second kappa shape index (κ2) is 8.32. The summed E-state index contributed by atoms with van der Waals surface area (Å²) in [7, 11) is 2.05. The Labute approximate surface area is 162 Å². The van der Waals surface area contributed by atoms with Crippen LogP contribution in [0.15, 0.2) is 48.5 Å². The van der Waals surface area contributed by atoms with E-state index < -0.39 is 0 Å². The number of nitrogens with zero attached hydrogens (tertiary/aromatic N) is 1. The maximum absolute atomic E-state index is 6.27. The first-order chi connectivity index (χ1) is 13.2. The van der Waals surface area contributed by atoms with Crippen LogP contribution in [0.2, 0.25) is 0 Å². The van der Waals surface area contributed by atoms with Crippen LogP contribution in [0, 0.1) is 12.8 Å². The Hall–Kier alpha value is -2.04. The molecular weight excluding hydrogens is 336 g/mol. The Morgan fingerprint density at radius 3 is 2.44 bits per heavy atom. The summed E-state index contributed by atoms with van der Waals surface area (Å²) < 4.78 is 12.2. The number of benzene rings is 2. The van der Waals surface area contributed by atoms with Gasteiger partial charge >= 0.3 is 0 Å². The molecule has 4 heteroatoms. The number of para-hydroxylation sites is 2. The lowest BCUT2D eigenvalue weighted by atomic mass is 9.86. The van der Waals surface area contributed by atoms with Crippen LogP contribution in [0.25, 0.3) is 0 Å². The zero-order valence-electron chi connectivity index (χ0n) is 16.4. The highest BCUT2D eigenvalue weighted by Crippen LogP contribution is 2.34. The highest BCUT2D eigenvalue weighted by molar-refractivity contribution is 5.40. The van der Waals surface area contributed by atoms with E-state index in [2.05, 4.69) is 41.4 Å². The number of piperidine rings is 1. The van der Waals surface area contributed by atoms with E-state index in [0.717, 1.165) is 31.1 Å². The lowest BCUT2D eigenvalue weighted by molar-refractivity contribution is 0.0308. The monoisotopic (exact) mass is 366 g/mol. The lowest BCUT2D eigenvalue weighted by Gasteiger charge is -2.40. The van der Waals surface area contributed by atoms with Crippen molar-refractivity contribution < 1.29 is 9.47 Å². The normalized spacial score (nSPS) is 21.8. The molecular formula is C23H30N2O2. The minimum atomic E-state index is 0.0681.